The number of anilines is 2. The summed E-state index contributed by atoms with van der Waals surface area (Å²) in [5, 5.41) is 7.87. The summed E-state index contributed by atoms with van der Waals surface area (Å²) in [4.78, 5) is 8.86. The average Bonchev–Trinajstić information content (AvgIpc) is 3.10. The summed E-state index contributed by atoms with van der Waals surface area (Å²) in [6.07, 6.45) is 3.65. The van der Waals surface area contributed by atoms with Crippen LogP contribution < -0.4 is 10.6 Å². The van der Waals surface area contributed by atoms with Gasteiger partial charge in [0.2, 0.25) is 0 Å². The second-order valence-electron chi connectivity index (χ2n) is 6.15. The molecule has 5 nitrogen and oxygen atoms in total. The number of hydrogen-bond donors (Lipinski definition) is 2. The van der Waals surface area contributed by atoms with Crippen LogP contribution in [0.25, 0.3) is 10.9 Å². The molecule has 0 fully saturated rings. The largest absolute Gasteiger partial charge is 0.465 e. The number of furan rings is 1. The van der Waals surface area contributed by atoms with Gasteiger partial charge in [-0.15, -0.1) is 0 Å². The molecule has 0 unspecified atom stereocenters. The van der Waals surface area contributed by atoms with Gasteiger partial charge in [-0.2, -0.15) is 0 Å². The zero-order chi connectivity index (χ0) is 17.8. The van der Waals surface area contributed by atoms with Crippen LogP contribution in [-0.2, 0) is 13.1 Å². The Labute approximate surface area is 152 Å². The van der Waals surface area contributed by atoms with Gasteiger partial charge in [-0.1, -0.05) is 12.1 Å². The molecule has 26 heavy (non-hydrogen) atoms. The van der Waals surface area contributed by atoms with Gasteiger partial charge in [-0.3, -0.25) is 4.98 Å². The molecule has 0 aliphatic rings. The Balaban J connectivity index is 1.49. The minimum absolute atomic E-state index is 0.616. The van der Waals surface area contributed by atoms with E-state index in [2.05, 4.69) is 33.8 Å². The lowest BCUT2D eigenvalue weighted by molar-refractivity contribution is 0.490. The second kappa shape index (κ2) is 7.27. The van der Waals surface area contributed by atoms with E-state index in [0.717, 1.165) is 46.0 Å². The van der Waals surface area contributed by atoms with Gasteiger partial charge in [-0.25, -0.2) is 4.98 Å². The van der Waals surface area contributed by atoms with Crippen LogP contribution in [0.3, 0.4) is 0 Å². The molecule has 1 aromatic carbocycles. The molecule has 0 atom stereocenters. The van der Waals surface area contributed by atoms with Crippen LogP contribution in [0.5, 0.6) is 0 Å². The smallest absolute Gasteiger partial charge is 0.127 e. The van der Waals surface area contributed by atoms with Gasteiger partial charge in [0.1, 0.15) is 17.3 Å². The Morgan fingerprint density at radius 2 is 1.88 bits per heavy atom. The Kier molecular flexibility index (Phi) is 4.51. The summed E-state index contributed by atoms with van der Waals surface area (Å²) in [7, 11) is 0. The minimum Gasteiger partial charge on any atom is -0.465 e. The SMILES string of the molecule is Cc1ccc(CNc2ccc3c(NCc4cccnc4)cccc3n2)o1. The monoisotopic (exact) mass is 344 g/mol. The molecular formula is C21H20N4O. The summed E-state index contributed by atoms with van der Waals surface area (Å²) >= 11 is 0. The fraction of sp³-hybridized carbons (Fsp3) is 0.143. The summed E-state index contributed by atoms with van der Waals surface area (Å²) in [6, 6.07) is 18.1. The van der Waals surface area contributed by atoms with Gasteiger partial charge in [0.25, 0.3) is 0 Å². The van der Waals surface area contributed by atoms with Crippen LogP contribution >= 0.6 is 0 Å². The van der Waals surface area contributed by atoms with Crippen molar-refractivity contribution in [3.8, 4) is 0 Å². The maximum Gasteiger partial charge on any atom is 0.127 e. The van der Waals surface area contributed by atoms with Crippen LogP contribution in [0.15, 0.2) is 71.4 Å². The van der Waals surface area contributed by atoms with Crippen molar-refractivity contribution >= 4 is 22.4 Å². The topological polar surface area (TPSA) is 63.0 Å². The van der Waals surface area contributed by atoms with Crippen LogP contribution in [0.2, 0.25) is 0 Å². The summed E-state index contributed by atoms with van der Waals surface area (Å²) in [6.45, 7) is 3.29. The molecule has 0 saturated carbocycles. The molecule has 4 rings (SSSR count). The standard InChI is InChI=1S/C21H20N4O/c1-15-7-8-17(26-15)14-24-21-10-9-18-19(5-2-6-20(18)25-21)23-13-16-4-3-11-22-12-16/h2-12,23H,13-14H2,1H3,(H,24,25). The predicted molar refractivity (Wildman–Crippen MR) is 104 cm³/mol. The van der Waals surface area contributed by atoms with Crippen molar-refractivity contribution in [2.75, 3.05) is 10.6 Å². The zero-order valence-corrected chi connectivity index (χ0v) is 14.6. The summed E-state index contributed by atoms with van der Waals surface area (Å²) in [5.41, 5.74) is 3.15. The quantitative estimate of drug-likeness (QED) is 0.528. The van der Waals surface area contributed by atoms with Crippen LogP contribution in [0.4, 0.5) is 11.5 Å². The highest BCUT2D eigenvalue weighted by Crippen LogP contribution is 2.24. The second-order valence-corrected chi connectivity index (χ2v) is 6.15. The highest BCUT2D eigenvalue weighted by molar-refractivity contribution is 5.92. The molecule has 0 saturated heterocycles. The number of nitrogens with zero attached hydrogens (tertiary/aromatic N) is 2. The zero-order valence-electron chi connectivity index (χ0n) is 14.6. The van der Waals surface area contributed by atoms with Crippen molar-refractivity contribution in [3.05, 3.63) is 84.1 Å². The van der Waals surface area contributed by atoms with Gasteiger partial charge in [0.15, 0.2) is 0 Å². The predicted octanol–water partition coefficient (Wildman–Crippen LogP) is 4.76. The molecule has 3 aromatic heterocycles. The van der Waals surface area contributed by atoms with Crippen molar-refractivity contribution in [1.82, 2.24) is 9.97 Å². The summed E-state index contributed by atoms with van der Waals surface area (Å²) in [5.74, 6) is 2.64. The highest BCUT2D eigenvalue weighted by Gasteiger charge is 2.05. The first-order valence-corrected chi connectivity index (χ1v) is 8.60. The molecule has 5 heteroatoms. The molecule has 3 heterocycles. The van der Waals surface area contributed by atoms with Gasteiger partial charge in [-0.05, 0) is 55.0 Å². The lowest BCUT2D eigenvalue weighted by atomic mass is 10.1. The van der Waals surface area contributed by atoms with E-state index >= 15 is 0 Å². The van der Waals surface area contributed by atoms with E-state index in [9.17, 15) is 0 Å². The van der Waals surface area contributed by atoms with Gasteiger partial charge < -0.3 is 15.1 Å². The Hall–Kier alpha value is -3.34. The molecule has 4 aromatic rings. The third-order valence-electron chi connectivity index (χ3n) is 4.18. The fourth-order valence-electron chi connectivity index (χ4n) is 2.87. The van der Waals surface area contributed by atoms with E-state index in [4.69, 9.17) is 9.40 Å². The van der Waals surface area contributed by atoms with E-state index in [1.54, 1.807) is 6.20 Å². The number of fused-ring (bicyclic) bond motifs is 1. The van der Waals surface area contributed by atoms with Crippen molar-refractivity contribution in [3.63, 3.8) is 0 Å². The number of benzene rings is 1. The maximum atomic E-state index is 5.58. The third kappa shape index (κ3) is 3.67. The van der Waals surface area contributed by atoms with Crippen molar-refractivity contribution in [2.45, 2.75) is 20.0 Å². The Morgan fingerprint density at radius 3 is 2.69 bits per heavy atom. The van der Waals surface area contributed by atoms with Crippen molar-refractivity contribution < 1.29 is 4.42 Å². The first kappa shape index (κ1) is 16.1. The Morgan fingerprint density at radius 1 is 0.923 bits per heavy atom. The minimum atomic E-state index is 0.616. The number of rotatable bonds is 6. The van der Waals surface area contributed by atoms with E-state index in [1.165, 1.54) is 0 Å². The lowest BCUT2D eigenvalue weighted by Gasteiger charge is -2.11. The highest BCUT2D eigenvalue weighted by atomic mass is 16.3. The molecule has 0 bridgehead atoms. The molecule has 130 valence electrons. The fourth-order valence-corrected chi connectivity index (χ4v) is 2.87. The molecule has 0 aliphatic carbocycles. The number of pyridine rings is 2. The number of nitrogens with one attached hydrogen (secondary N) is 2. The van der Waals surface area contributed by atoms with E-state index in [0.29, 0.717) is 6.54 Å². The molecule has 0 radical (unpaired) electrons. The first-order valence-electron chi connectivity index (χ1n) is 8.60. The number of aryl methyl sites for hydroxylation is 1. The summed E-state index contributed by atoms with van der Waals surface area (Å²) < 4.78 is 5.58. The third-order valence-corrected chi connectivity index (χ3v) is 4.18. The van der Waals surface area contributed by atoms with E-state index in [-0.39, 0.29) is 0 Å². The van der Waals surface area contributed by atoms with Crippen molar-refractivity contribution in [2.24, 2.45) is 0 Å². The van der Waals surface area contributed by atoms with E-state index < -0.39 is 0 Å². The van der Waals surface area contributed by atoms with Crippen LogP contribution in [0.1, 0.15) is 17.1 Å². The van der Waals surface area contributed by atoms with E-state index in [1.807, 2.05) is 49.5 Å². The normalized spacial score (nSPS) is 10.8. The average molecular weight is 344 g/mol. The number of hydrogen-bond acceptors (Lipinski definition) is 5. The van der Waals surface area contributed by atoms with Crippen LogP contribution in [0, 0.1) is 6.92 Å². The van der Waals surface area contributed by atoms with Gasteiger partial charge >= 0.3 is 0 Å². The Bertz CT molecular complexity index is 1010. The molecule has 0 aliphatic heterocycles. The number of aromatic nitrogens is 2. The van der Waals surface area contributed by atoms with Gasteiger partial charge in [0, 0.05) is 30.0 Å². The molecular weight excluding hydrogens is 324 g/mol. The van der Waals surface area contributed by atoms with Crippen molar-refractivity contribution in [1.29, 1.82) is 0 Å². The first-order chi connectivity index (χ1) is 12.8. The molecule has 0 amide bonds. The van der Waals surface area contributed by atoms with Crippen LogP contribution in [-0.4, -0.2) is 9.97 Å². The van der Waals surface area contributed by atoms with Gasteiger partial charge in [0.05, 0.1) is 12.1 Å². The lowest BCUT2D eigenvalue weighted by Crippen LogP contribution is -2.02. The maximum absolute atomic E-state index is 5.58. The molecule has 0 spiro atoms. The molecule has 2 N–H and O–H groups in total.